The highest BCUT2D eigenvalue weighted by atomic mass is 32.2. The number of nitro benzene ring substituents is 1. The van der Waals surface area contributed by atoms with Crippen LogP contribution >= 0.6 is 11.8 Å². The number of hydrogen-bond acceptors (Lipinski definition) is 4. The van der Waals surface area contributed by atoms with Gasteiger partial charge in [-0.2, -0.15) is 0 Å². The lowest BCUT2D eigenvalue weighted by atomic mass is 10.3. The van der Waals surface area contributed by atoms with Gasteiger partial charge in [0.25, 0.3) is 5.69 Å². The first kappa shape index (κ1) is 10.6. The van der Waals surface area contributed by atoms with Crippen LogP contribution in [0.25, 0.3) is 0 Å². The van der Waals surface area contributed by atoms with E-state index in [-0.39, 0.29) is 10.6 Å². The minimum atomic E-state index is -0.384. The number of hydrogen-bond donors (Lipinski definition) is 0. The summed E-state index contributed by atoms with van der Waals surface area (Å²) in [7, 11) is 0. The summed E-state index contributed by atoms with van der Waals surface area (Å²) in [6.45, 7) is 0. The Labute approximate surface area is 96.5 Å². The van der Waals surface area contributed by atoms with Gasteiger partial charge in [0.05, 0.1) is 9.82 Å². The lowest BCUT2D eigenvalue weighted by Gasteiger charge is -2.01. The first-order chi connectivity index (χ1) is 7.77. The topological polar surface area (TPSA) is 56.0 Å². The number of rotatable bonds is 3. The molecule has 0 atom stereocenters. The van der Waals surface area contributed by atoms with Gasteiger partial charge in [0.15, 0.2) is 0 Å². The molecule has 0 spiro atoms. The van der Waals surface area contributed by atoms with Crippen molar-refractivity contribution >= 4 is 17.4 Å². The molecular formula is C11H8N2O2S. The molecular weight excluding hydrogens is 224 g/mol. The van der Waals surface area contributed by atoms with Crippen molar-refractivity contribution in [1.82, 2.24) is 4.98 Å². The van der Waals surface area contributed by atoms with Crippen molar-refractivity contribution in [1.29, 1.82) is 0 Å². The van der Waals surface area contributed by atoms with Crippen LogP contribution < -0.4 is 0 Å². The van der Waals surface area contributed by atoms with Crippen LogP contribution in [0.1, 0.15) is 0 Å². The minimum absolute atomic E-state index is 0.109. The van der Waals surface area contributed by atoms with Crippen molar-refractivity contribution in [3.63, 3.8) is 0 Å². The van der Waals surface area contributed by atoms with Crippen LogP contribution in [0.4, 0.5) is 5.69 Å². The summed E-state index contributed by atoms with van der Waals surface area (Å²) in [5, 5.41) is 11.5. The summed E-state index contributed by atoms with van der Waals surface area (Å²) in [6, 6.07) is 12.1. The van der Waals surface area contributed by atoms with Crippen LogP contribution in [0.3, 0.4) is 0 Å². The van der Waals surface area contributed by atoms with Crippen LogP contribution in [0.5, 0.6) is 0 Å². The van der Waals surface area contributed by atoms with Crippen molar-refractivity contribution in [2.75, 3.05) is 0 Å². The second-order valence-corrected chi connectivity index (χ2v) is 4.06. The van der Waals surface area contributed by atoms with E-state index in [0.717, 1.165) is 5.03 Å². The van der Waals surface area contributed by atoms with Crippen LogP contribution in [-0.4, -0.2) is 9.91 Å². The van der Waals surface area contributed by atoms with E-state index >= 15 is 0 Å². The first-order valence-corrected chi connectivity index (χ1v) is 5.41. The predicted octanol–water partition coefficient (Wildman–Crippen LogP) is 3.14. The fourth-order valence-electron chi connectivity index (χ4n) is 1.21. The molecule has 0 fully saturated rings. The van der Waals surface area contributed by atoms with Gasteiger partial charge >= 0.3 is 0 Å². The summed E-state index contributed by atoms with van der Waals surface area (Å²) in [5.74, 6) is 0. The Kier molecular flexibility index (Phi) is 3.16. The summed E-state index contributed by atoms with van der Waals surface area (Å²) in [4.78, 5) is 15.1. The Balaban J connectivity index is 2.31. The number of para-hydroxylation sites is 1. The Morgan fingerprint density at radius 1 is 1.12 bits per heavy atom. The van der Waals surface area contributed by atoms with E-state index in [1.165, 1.54) is 17.8 Å². The highest BCUT2D eigenvalue weighted by Crippen LogP contribution is 2.32. The SMILES string of the molecule is O=[N+]([O-])c1ccccc1Sc1ccccn1. The van der Waals surface area contributed by atoms with Gasteiger partial charge in [-0.25, -0.2) is 4.98 Å². The number of nitrogens with zero attached hydrogens (tertiary/aromatic N) is 2. The van der Waals surface area contributed by atoms with Crippen molar-refractivity contribution in [2.45, 2.75) is 9.92 Å². The highest BCUT2D eigenvalue weighted by Gasteiger charge is 2.13. The van der Waals surface area contributed by atoms with Gasteiger partial charge in [0, 0.05) is 12.3 Å². The number of nitro groups is 1. The van der Waals surface area contributed by atoms with Gasteiger partial charge in [0.1, 0.15) is 5.03 Å². The maximum Gasteiger partial charge on any atom is 0.283 e. The molecule has 0 aliphatic carbocycles. The van der Waals surface area contributed by atoms with Gasteiger partial charge in [-0.3, -0.25) is 10.1 Å². The van der Waals surface area contributed by atoms with Gasteiger partial charge in [-0.15, -0.1) is 0 Å². The maximum absolute atomic E-state index is 10.8. The van der Waals surface area contributed by atoms with Crippen molar-refractivity contribution in [3.8, 4) is 0 Å². The minimum Gasteiger partial charge on any atom is -0.258 e. The number of benzene rings is 1. The van der Waals surface area contributed by atoms with Gasteiger partial charge in [-0.05, 0) is 18.2 Å². The zero-order valence-electron chi connectivity index (χ0n) is 8.24. The van der Waals surface area contributed by atoms with Crippen molar-refractivity contribution in [2.24, 2.45) is 0 Å². The van der Waals surface area contributed by atoms with E-state index < -0.39 is 0 Å². The Bertz CT molecular complexity index is 502. The molecule has 0 radical (unpaired) electrons. The van der Waals surface area contributed by atoms with E-state index in [2.05, 4.69) is 4.98 Å². The van der Waals surface area contributed by atoms with E-state index in [1.807, 2.05) is 18.2 Å². The van der Waals surface area contributed by atoms with Gasteiger partial charge in [-0.1, -0.05) is 30.0 Å². The third-order valence-corrected chi connectivity index (χ3v) is 2.93. The Morgan fingerprint density at radius 3 is 2.56 bits per heavy atom. The molecule has 0 aliphatic rings. The van der Waals surface area contributed by atoms with Crippen LogP contribution in [0.15, 0.2) is 58.6 Å². The molecule has 0 N–H and O–H groups in total. The molecule has 80 valence electrons. The second kappa shape index (κ2) is 4.76. The summed E-state index contributed by atoms with van der Waals surface area (Å²) < 4.78 is 0. The van der Waals surface area contributed by atoms with Crippen molar-refractivity contribution < 1.29 is 4.92 Å². The molecule has 1 heterocycles. The van der Waals surface area contributed by atoms with E-state index in [9.17, 15) is 10.1 Å². The predicted molar refractivity (Wildman–Crippen MR) is 61.5 cm³/mol. The second-order valence-electron chi connectivity index (χ2n) is 2.99. The lowest BCUT2D eigenvalue weighted by molar-refractivity contribution is -0.387. The lowest BCUT2D eigenvalue weighted by Crippen LogP contribution is -1.90. The van der Waals surface area contributed by atoms with Gasteiger partial charge < -0.3 is 0 Å². The van der Waals surface area contributed by atoms with Crippen LogP contribution in [-0.2, 0) is 0 Å². The molecule has 0 saturated heterocycles. The molecule has 1 aromatic heterocycles. The molecule has 2 rings (SSSR count). The maximum atomic E-state index is 10.8. The standard InChI is InChI=1S/C11H8N2O2S/c14-13(15)9-5-1-2-6-10(9)16-11-7-3-4-8-12-11/h1-8H. The molecule has 0 unspecified atom stereocenters. The van der Waals surface area contributed by atoms with Crippen molar-refractivity contribution in [3.05, 3.63) is 58.8 Å². The monoisotopic (exact) mass is 232 g/mol. The Hall–Kier alpha value is -1.88. The molecule has 0 amide bonds. The normalized spacial score (nSPS) is 10.0. The molecule has 1 aromatic carbocycles. The number of pyridine rings is 1. The zero-order chi connectivity index (χ0) is 11.4. The third-order valence-electron chi connectivity index (χ3n) is 1.91. The fraction of sp³-hybridized carbons (Fsp3) is 0. The molecule has 0 saturated carbocycles. The smallest absolute Gasteiger partial charge is 0.258 e. The third kappa shape index (κ3) is 2.38. The van der Waals surface area contributed by atoms with Crippen LogP contribution in [0.2, 0.25) is 0 Å². The molecule has 0 bridgehead atoms. The molecule has 2 aromatic rings. The average Bonchev–Trinajstić information content (AvgIpc) is 2.31. The van der Waals surface area contributed by atoms with Gasteiger partial charge in [0.2, 0.25) is 0 Å². The number of aromatic nitrogens is 1. The summed E-state index contributed by atoms with van der Waals surface area (Å²) in [5.41, 5.74) is 0.109. The fourth-order valence-corrected chi connectivity index (χ4v) is 2.09. The highest BCUT2D eigenvalue weighted by molar-refractivity contribution is 7.99. The Morgan fingerprint density at radius 2 is 1.88 bits per heavy atom. The molecule has 5 heteroatoms. The largest absolute Gasteiger partial charge is 0.283 e. The molecule has 0 aliphatic heterocycles. The van der Waals surface area contributed by atoms with E-state index in [0.29, 0.717) is 4.90 Å². The van der Waals surface area contributed by atoms with E-state index in [1.54, 1.807) is 24.4 Å². The van der Waals surface area contributed by atoms with Crippen LogP contribution in [0, 0.1) is 10.1 Å². The molecule has 4 nitrogen and oxygen atoms in total. The zero-order valence-corrected chi connectivity index (χ0v) is 9.05. The van der Waals surface area contributed by atoms with E-state index in [4.69, 9.17) is 0 Å². The quantitative estimate of drug-likeness (QED) is 0.602. The average molecular weight is 232 g/mol. The molecule has 16 heavy (non-hydrogen) atoms. The summed E-state index contributed by atoms with van der Waals surface area (Å²) in [6.07, 6.45) is 1.66. The first-order valence-electron chi connectivity index (χ1n) is 4.59. The summed E-state index contributed by atoms with van der Waals surface area (Å²) >= 11 is 1.29.